The molecule has 3 fully saturated rings. The van der Waals surface area contributed by atoms with Crippen molar-refractivity contribution in [1.29, 1.82) is 5.26 Å². The highest BCUT2D eigenvalue weighted by Crippen LogP contribution is 2.46. The zero-order chi connectivity index (χ0) is 24.7. The number of alkyl halides is 3. The van der Waals surface area contributed by atoms with Gasteiger partial charge >= 0.3 is 6.18 Å². The summed E-state index contributed by atoms with van der Waals surface area (Å²) in [5.41, 5.74) is 2.72. The summed E-state index contributed by atoms with van der Waals surface area (Å²) < 4.78 is 47.2. The highest BCUT2D eigenvalue weighted by Gasteiger charge is 2.64. The predicted molar refractivity (Wildman–Crippen MR) is 115 cm³/mol. The zero-order valence-corrected chi connectivity index (χ0v) is 19.0. The Morgan fingerprint density at radius 1 is 1.29 bits per heavy atom. The van der Waals surface area contributed by atoms with E-state index in [1.165, 1.54) is 6.20 Å². The molecule has 0 spiro atoms. The second-order valence-electron chi connectivity index (χ2n) is 9.58. The normalized spacial score (nSPS) is 27.0. The van der Waals surface area contributed by atoms with Gasteiger partial charge in [0.15, 0.2) is 11.4 Å². The molecule has 9 nitrogen and oxygen atoms in total. The van der Waals surface area contributed by atoms with E-state index in [1.807, 2.05) is 0 Å². The molecule has 34 heavy (non-hydrogen) atoms. The van der Waals surface area contributed by atoms with Crippen molar-refractivity contribution in [3.8, 4) is 6.07 Å². The summed E-state index contributed by atoms with van der Waals surface area (Å²) >= 11 is 0. The van der Waals surface area contributed by atoms with Gasteiger partial charge in [-0.3, -0.25) is 19.2 Å². The minimum atomic E-state index is -4.43. The number of primary amides is 1. The van der Waals surface area contributed by atoms with Crippen LogP contribution in [-0.4, -0.2) is 64.0 Å². The fourth-order valence-corrected chi connectivity index (χ4v) is 5.09. The van der Waals surface area contributed by atoms with E-state index in [0.29, 0.717) is 25.7 Å². The molecule has 0 bridgehead atoms. The number of hydrogen-bond acceptors (Lipinski definition) is 6. The number of anilines is 1. The maximum atomic E-state index is 13.5. The predicted octanol–water partition coefficient (Wildman–Crippen LogP) is 2.54. The number of nitrogens with one attached hydrogen (secondary N) is 1. The average Bonchev–Trinajstić information content (AvgIpc) is 3.50. The molecule has 0 atom stereocenters. The number of nitrogens with zero attached hydrogens (tertiary/aromatic N) is 4. The van der Waals surface area contributed by atoms with Gasteiger partial charge in [-0.2, -0.15) is 23.5 Å². The number of nitrogens with two attached hydrogens (primary N) is 1. The molecule has 1 aromatic heterocycles. The lowest BCUT2D eigenvalue weighted by molar-refractivity contribution is -0.322. The van der Waals surface area contributed by atoms with Gasteiger partial charge in [-0.15, -0.1) is 0 Å². The third-order valence-corrected chi connectivity index (χ3v) is 7.32. The van der Waals surface area contributed by atoms with Gasteiger partial charge in [0, 0.05) is 37.9 Å². The Morgan fingerprint density at radius 2 is 1.94 bits per heavy atom. The van der Waals surface area contributed by atoms with Crippen LogP contribution < -0.4 is 11.1 Å². The first-order valence-corrected chi connectivity index (χ1v) is 11.6. The van der Waals surface area contributed by atoms with Crippen molar-refractivity contribution in [2.75, 3.05) is 25.0 Å². The molecule has 2 aliphatic carbocycles. The lowest BCUT2D eigenvalue weighted by Crippen LogP contribution is -2.72. The van der Waals surface area contributed by atoms with Gasteiger partial charge < -0.3 is 15.8 Å². The zero-order valence-electron chi connectivity index (χ0n) is 19.0. The summed E-state index contributed by atoms with van der Waals surface area (Å²) in [6.07, 6.45) is 0.837. The minimum absolute atomic E-state index is 0.00951. The molecular weight excluding hydrogens is 453 g/mol. The molecule has 2 saturated carbocycles. The first kappa shape index (κ1) is 24.5. The van der Waals surface area contributed by atoms with Crippen molar-refractivity contribution >= 4 is 17.6 Å². The van der Waals surface area contributed by atoms with Crippen LogP contribution in [0, 0.1) is 17.2 Å². The number of hydrogen-bond donors (Lipinski definition) is 2. The van der Waals surface area contributed by atoms with Crippen molar-refractivity contribution in [1.82, 2.24) is 14.7 Å². The SMILES string of the molecule is CCOC1(C(F)(F)F)CN(C2CCC(CC#N)(n3cc(C(N)=O)c(NC(=O)C4CC4)n3)CC2)C1. The fraction of sp³-hybridized carbons (Fsp3) is 0.727. The molecule has 3 aliphatic rings. The number of carbonyl (C=O) groups excluding carboxylic acids is 2. The molecular formula is C22H29F3N6O3. The Morgan fingerprint density at radius 3 is 2.44 bits per heavy atom. The molecule has 0 aromatic carbocycles. The van der Waals surface area contributed by atoms with Crippen LogP contribution in [0.15, 0.2) is 6.20 Å². The summed E-state index contributed by atoms with van der Waals surface area (Å²) in [7, 11) is 0. The fourth-order valence-electron chi connectivity index (χ4n) is 5.09. The quantitative estimate of drug-likeness (QED) is 0.586. The van der Waals surface area contributed by atoms with Crippen LogP contribution in [0.1, 0.15) is 62.2 Å². The highest BCUT2D eigenvalue weighted by molar-refractivity contribution is 6.02. The van der Waals surface area contributed by atoms with Gasteiger partial charge in [-0.1, -0.05) is 0 Å². The van der Waals surface area contributed by atoms with Crippen LogP contribution in [0.3, 0.4) is 0 Å². The summed E-state index contributed by atoms with van der Waals surface area (Å²) in [6.45, 7) is 1.14. The smallest absolute Gasteiger partial charge is 0.365 e. The lowest BCUT2D eigenvalue weighted by atomic mass is 9.75. The van der Waals surface area contributed by atoms with E-state index < -0.39 is 23.2 Å². The van der Waals surface area contributed by atoms with E-state index in [1.54, 1.807) is 16.5 Å². The number of nitriles is 1. The Hall–Kier alpha value is -2.65. The van der Waals surface area contributed by atoms with Gasteiger partial charge in [0.1, 0.15) is 5.56 Å². The number of amides is 2. The topological polar surface area (TPSA) is 126 Å². The Kier molecular flexibility index (Phi) is 6.37. The largest absolute Gasteiger partial charge is 0.419 e. The van der Waals surface area contributed by atoms with Gasteiger partial charge in [0.25, 0.3) is 5.91 Å². The summed E-state index contributed by atoms with van der Waals surface area (Å²) in [6, 6.07) is 2.11. The number of halogens is 3. The molecule has 1 saturated heterocycles. The molecule has 1 aliphatic heterocycles. The summed E-state index contributed by atoms with van der Waals surface area (Å²) in [5, 5.41) is 16.6. The van der Waals surface area contributed by atoms with Crippen LogP contribution in [-0.2, 0) is 15.1 Å². The molecule has 12 heteroatoms. The second-order valence-corrected chi connectivity index (χ2v) is 9.58. The Balaban J connectivity index is 1.48. The molecule has 2 heterocycles. The van der Waals surface area contributed by atoms with Crippen molar-refractivity contribution in [3.63, 3.8) is 0 Å². The van der Waals surface area contributed by atoms with Crippen molar-refractivity contribution < 1.29 is 27.5 Å². The maximum Gasteiger partial charge on any atom is 0.419 e. The number of aromatic nitrogens is 2. The van der Waals surface area contributed by atoms with Crippen LogP contribution in [0.2, 0.25) is 0 Å². The minimum Gasteiger partial charge on any atom is -0.365 e. The van der Waals surface area contributed by atoms with Gasteiger partial charge in [-0.25, -0.2) is 0 Å². The molecule has 0 radical (unpaired) electrons. The van der Waals surface area contributed by atoms with Crippen LogP contribution >= 0.6 is 0 Å². The Labute approximate surface area is 195 Å². The Bertz CT molecular complexity index is 983. The number of carbonyl (C=O) groups is 2. The molecule has 3 N–H and O–H groups in total. The first-order chi connectivity index (χ1) is 16.0. The average molecular weight is 483 g/mol. The van der Waals surface area contributed by atoms with Gasteiger partial charge in [-0.05, 0) is 45.4 Å². The third kappa shape index (κ3) is 4.38. The van der Waals surface area contributed by atoms with Crippen molar-refractivity contribution in [2.45, 2.75) is 75.2 Å². The maximum absolute atomic E-state index is 13.5. The van der Waals surface area contributed by atoms with Gasteiger partial charge in [0.2, 0.25) is 5.91 Å². The third-order valence-electron chi connectivity index (χ3n) is 7.32. The monoisotopic (exact) mass is 482 g/mol. The molecule has 1 aromatic rings. The lowest BCUT2D eigenvalue weighted by Gasteiger charge is -2.54. The van der Waals surface area contributed by atoms with E-state index in [4.69, 9.17) is 10.5 Å². The van der Waals surface area contributed by atoms with Crippen molar-refractivity contribution in [2.24, 2.45) is 11.7 Å². The molecule has 186 valence electrons. The van der Waals surface area contributed by atoms with Crippen LogP contribution in [0.5, 0.6) is 0 Å². The summed E-state index contributed by atoms with van der Waals surface area (Å²) in [5.74, 6) is -0.964. The van der Waals surface area contributed by atoms with Gasteiger partial charge in [0.05, 0.1) is 18.0 Å². The van der Waals surface area contributed by atoms with Crippen molar-refractivity contribution in [3.05, 3.63) is 11.8 Å². The van der Waals surface area contributed by atoms with E-state index in [-0.39, 0.29) is 55.4 Å². The second kappa shape index (κ2) is 8.85. The number of likely N-dealkylation sites (tertiary alicyclic amines) is 1. The standard InChI is InChI=1S/C22H29F3N6O3/c1-2-34-21(22(23,24)25)12-30(13-21)15-5-7-20(8-6-15,9-10-26)31-11-16(17(27)32)18(29-31)28-19(33)14-3-4-14/h11,14-15H,2-9,12-13H2,1H3,(H2,27,32)(H,28,29,33). The molecule has 2 amide bonds. The van der Waals surface area contributed by atoms with E-state index in [9.17, 15) is 28.0 Å². The van der Waals surface area contributed by atoms with E-state index in [2.05, 4.69) is 16.5 Å². The van der Waals surface area contributed by atoms with E-state index in [0.717, 1.165) is 12.8 Å². The number of ether oxygens (including phenoxy) is 1. The first-order valence-electron chi connectivity index (χ1n) is 11.6. The highest BCUT2D eigenvalue weighted by atomic mass is 19.4. The number of rotatable bonds is 8. The summed E-state index contributed by atoms with van der Waals surface area (Å²) in [4.78, 5) is 26.0. The van der Waals surface area contributed by atoms with E-state index >= 15 is 0 Å². The molecule has 4 rings (SSSR count). The van der Waals surface area contributed by atoms with Crippen LogP contribution in [0.25, 0.3) is 0 Å². The van der Waals surface area contributed by atoms with Crippen LogP contribution in [0.4, 0.5) is 19.0 Å². The molecule has 0 unspecified atom stereocenters.